The van der Waals surface area contributed by atoms with Gasteiger partial charge in [-0.05, 0) is 36.4 Å². The van der Waals surface area contributed by atoms with Gasteiger partial charge in [0.25, 0.3) is 11.8 Å². The normalized spacial score (nSPS) is 11.1. The number of carbonyl (C=O) groups is 2. The maximum Gasteiger partial charge on any atom is 0.417 e. The van der Waals surface area contributed by atoms with E-state index in [9.17, 15) is 31.5 Å². The molecule has 0 atom stereocenters. The van der Waals surface area contributed by atoms with Crippen LogP contribution in [0.15, 0.2) is 42.6 Å². The Morgan fingerprint density at radius 3 is 2.38 bits per heavy atom. The van der Waals surface area contributed by atoms with Crippen molar-refractivity contribution >= 4 is 29.1 Å². The maximum atomic E-state index is 14.0. The number of rotatable bonds is 6. The molecule has 1 heterocycles. The highest BCUT2D eigenvalue weighted by molar-refractivity contribution is 6.35. The van der Waals surface area contributed by atoms with Gasteiger partial charge in [-0.15, -0.1) is 0 Å². The molecule has 34 heavy (non-hydrogen) atoms. The minimum absolute atomic E-state index is 0.0429. The second kappa shape index (κ2) is 9.51. The number of pyridine rings is 1. The van der Waals surface area contributed by atoms with Crippen LogP contribution in [0.2, 0.25) is 5.02 Å². The van der Waals surface area contributed by atoms with Crippen molar-refractivity contribution in [3.05, 3.63) is 76.1 Å². The van der Waals surface area contributed by atoms with Gasteiger partial charge in [0.1, 0.15) is 17.0 Å². The summed E-state index contributed by atoms with van der Waals surface area (Å²) in [6.45, 7) is 0. The lowest BCUT2D eigenvalue weighted by molar-refractivity contribution is -0.137. The van der Waals surface area contributed by atoms with Crippen LogP contribution in [-0.4, -0.2) is 23.9 Å². The van der Waals surface area contributed by atoms with Gasteiger partial charge in [0.2, 0.25) is 11.6 Å². The summed E-state index contributed by atoms with van der Waals surface area (Å²) in [7, 11) is 1.01. The Bertz CT molecular complexity index is 1280. The summed E-state index contributed by atoms with van der Waals surface area (Å²) in [6, 6.07) is 5.31. The van der Waals surface area contributed by atoms with Gasteiger partial charge < -0.3 is 20.5 Å². The van der Waals surface area contributed by atoms with E-state index in [0.717, 1.165) is 31.5 Å². The summed E-state index contributed by atoms with van der Waals surface area (Å²) in [5.41, 5.74) is 2.73. The van der Waals surface area contributed by atoms with E-state index in [1.54, 1.807) is 0 Å². The van der Waals surface area contributed by atoms with Crippen LogP contribution in [0.4, 0.5) is 27.6 Å². The molecule has 0 bridgehead atoms. The van der Waals surface area contributed by atoms with Gasteiger partial charge in [0.15, 0.2) is 11.6 Å². The number of carbonyl (C=O) groups excluding carboxylic acids is 2. The Labute approximate surface area is 193 Å². The minimum Gasteiger partial charge on any atom is -0.490 e. The lowest BCUT2D eigenvalue weighted by Gasteiger charge is -2.18. The summed E-state index contributed by atoms with van der Waals surface area (Å²) in [5.74, 6) is -6.43. The molecule has 1 aromatic heterocycles. The van der Waals surface area contributed by atoms with Crippen molar-refractivity contribution in [1.82, 2.24) is 4.98 Å². The maximum absolute atomic E-state index is 14.0. The number of aromatic nitrogens is 1. The molecule has 2 amide bonds. The summed E-state index contributed by atoms with van der Waals surface area (Å²) in [4.78, 5) is 27.9. The highest BCUT2D eigenvalue weighted by Crippen LogP contribution is 2.43. The molecule has 0 spiro atoms. The van der Waals surface area contributed by atoms with E-state index < -0.39 is 63.0 Å². The van der Waals surface area contributed by atoms with Crippen molar-refractivity contribution in [2.45, 2.75) is 6.18 Å². The average Bonchev–Trinajstić information content (AvgIpc) is 2.76. The number of methoxy groups -OCH3 is 1. The smallest absolute Gasteiger partial charge is 0.417 e. The molecule has 3 N–H and O–H groups in total. The molecule has 0 aliphatic rings. The van der Waals surface area contributed by atoms with Gasteiger partial charge in [-0.2, -0.15) is 17.6 Å². The Morgan fingerprint density at radius 2 is 1.76 bits per heavy atom. The van der Waals surface area contributed by atoms with Gasteiger partial charge in [0.05, 0.1) is 17.7 Å². The number of hydrogen-bond acceptors (Lipinski definition) is 5. The van der Waals surface area contributed by atoms with Gasteiger partial charge in [-0.1, -0.05) is 11.6 Å². The van der Waals surface area contributed by atoms with Crippen molar-refractivity contribution in [1.29, 1.82) is 0 Å². The second-order valence-corrected chi connectivity index (χ2v) is 6.92. The van der Waals surface area contributed by atoms with Crippen molar-refractivity contribution in [2.24, 2.45) is 5.73 Å². The Balaban J connectivity index is 2.11. The predicted molar refractivity (Wildman–Crippen MR) is 110 cm³/mol. The molecule has 0 fully saturated rings. The SMILES string of the molecule is COc1c(Oc2ccc(C(F)(F)F)c(Cl)c2C(=O)Nc2ccnc(C(N)=O)c2)ccc(F)c1F. The Kier molecular flexibility index (Phi) is 6.91. The largest absolute Gasteiger partial charge is 0.490 e. The number of anilines is 1. The minimum atomic E-state index is -4.93. The number of alkyl halides is 3. The number of primary amides is 1. The Hall–Kier alpha value is -3.93. The third kappa shape index (κ3) is 5.01. The first kappa shape index (κ1) is 24.7. The number of ether oxygens (including phenoxy) is 2. The summed E-state index contributed by atoms with van der Waals surface area (Å²) in [6.07, 6.45) is -3.80. The first-order valence-corrected chi connectivity index (χ1v) is 9.48. The number of nitrogens with two attached hydrogens (primary N) is 1. The van der Waals surface area contributed by atoms with E-state index in [-0.39, 0.29) is 11.4 Å². The molecule has 13 heteroatoms. The number of hydrogen-bond donors (Lipinski definition) is 2. The highest BCUT2D eigenvalue weighted by atomic mass is 35.5. The molecule has 0 saturated carbocycles. The summed E-state index contributed by atoms with van der Waals surface area (Å²) >= 11 is 5.93. The summed E-state index contributed by atoms with van der Waals surface area (Å²) in [5, 5.41) is 1.24. The monoisotopic (exact) mass is 501 g/mol. The van der Waals surface area contributed by atoms with Crippen molar-refractivity contribution in [3.8, 4) is 17.2 Å². The molecule has 0 saturated heterocycles. The summed E-state index contributed by atoms with van der Waals surface area (Å²) < 4.78 is 77.9. The van der Waals surface area contributed by atoms with E-state index in [0.29, 0.717) is 12.1 Å². The van der Waals surface area contributed by atoms with E-state index in [2.05, 4.69) is 10.3 Å². The van der Waals surface area contributed by atoms with Crippen molar-refractivity contribution < 1.29 is 41.0 Å². The van der Waals surface area contributed by atoms with E-state index in [1.165, 1.54) is 6.07 Å². The number of amides is 2. The zero-order chi connectivity index (χ0) is 25.2. The van der Waals surface area contributed by atoms with Crippen LogP contribution in [0.5, 0.6) is 17.2 Å². The van der Waals surface area contributed by atoms with Crippen LogP contribution in [0.3, 0.4) is 0 Å². The molecular formula is C21H13ClF5N3O4. The lowest BCUT2D eigenvalue weighted by atomic mass is 10.1. The fraction of sp³-hybridized carbons (Fsp3) is 0.0952. The molecule has 0 aliphatic carbocycles. The molecule has 0 unspecified atom stereocenters. The molecule has 7 nitrogen and oxygen atoms in total. The number of halogens is 6. The quantitative estimate of drug-likeness (QED) is 0.453. The topological polar surface area (TPSA) is 104 Å². The van der Waals surface area contributed by atoms with Crippen LogP contribution in [0.25, 0.3) is 0 Å². The third-order valence-electron chi connectivity index (χ3n) is 4.34. The van der Waals surface area contributed by atoms with E-state index in [4.69, 9.17) is 26.8 Å². The Morgan fingerprint density at radius 1 is 1.09 bits per heavy atom. The number of nitrogens with one attached hydrogen (secondary N) is 1. The van der Waals surface area contributed by atoms with Crippen LogP contribution < -0.4 is 20.5 Å². The van der Waals surface area contributed by atoms with E-state index in [1.807, 2.05) is 0 Å². The first-order chi connectivity index (χ1) is 15.9. The third-order valence-corrected chi connectivity index (χ3v) is 4.74. The number of benzene rings is 2. The first-order valence-electron chi connectivity index (χ1n) is 9.10. The molecular weight excluding hydrogens is 489 g/mol. The molecule has 3 rings (SSSR count). The number of nitrogens with zero attached hydrogens (tertiary/aromatic N) is 1. The molecule has 2 aromatic carbocycles. The van der Waals surface area contributed by atoms with Crippen molar-refractivity contribution in [2.75, 3.05) is 12.4 Å². The van der Waals surface area contributed by atoms with Gasteiger partial charge >= 0.3 is 6.18 Å². The molecule has 0 radical (unpaired) electrons. The lowest BCUT2D eigenvalue weighted by Crippen LogP contribution is -2.18. The van der Waals surface area contributed by atoms with Gasteiger partial charge in [0, 0.05) is 11.9 Å². The molecule has 0 aliphatic heterocycles. The van der Waals surface area contributed by atoms with E-state index >= 15 is 0 Å². The average molecular weight is 502 g/mol. The zero-order valence-corrected chi connectivity index (χ0v) is 17.7. The zero-order valence-electron chi connectivity index (χ0n) is 17.0. The van der Waals surface area contributed by atoms with Crippen LogP contribution >= 0.6 is 11.6 Å². The van der Waals surface area contributed by atoms with Crippen LogP contribution in [0, 0.1) is 11.6 Å². The van der Waals surface area contributed by atoms with Crippen LogP contribution in [0.1, 0.15) is 26.4 Å². The fourth-order valence-corrected chi connectivity index (χ4v) is 3.16. The van der Waals surface area contributed by atoms with Crippen LogP contribution in [-0.2, 0) is 6.18 Å². The standard InChI is InChI=1S/C21H13ClF5N3O4/c1-33-18-14(5-3-11(23)17(18)24)34-13-4-2-10(21(25,26)27)16(22)15(13)20(32)30-9-6-7-29-12(8-9)19(28)31/h2-8H,1H3,(H2,28,31)(H,29,30,32). The van der Waals surface area contributed by atoms with Gasteiger partial charge in [-0.3, -0.25) is 14.6 Å². The van der Waals surface area contributed by atoms with Crippen molar-refractivity contribution in [3.63, 3.8) is 0 Å². The predicted octanol–water partition coefficient (Wildman–Crippen LogP) is 5.18. The highest BCUT2D eigenvalue weighted by Gasteiger charge is 2.36. The second-order valence-electron chi connectivity index (χ2n) is 6.54. The van der Waals surface area contributed by atoms with Gasteiger partial charge in [-0.25, -0.2) is 4.39 Å². The fourth-order valence-electron chi connectivity index (χ4n) is 2.81. The molecule has 178 valence electrons. The molecule has 3 aromatic rings.